The Labute approximate surface area is 92.8 Å². The minimum atomic E-state index is 0. The highest BCUT2D eigenvalue weighted by Gasteiger charge is 2.38. The lowest BCUT2D eigenvalue weighted by molar-refractivity contribution is 0.204. The molecule has 0 aromatic rings. The number of nitrogens with one attached hydrogen (secondary N) is 1. The predicted octanol–water partition coefficient (Wildman–Crippen LogP) is 0.442. The van der Waals surface area contributed by atoms with E-state index in [0.29, 0.717) is 5.41 Å². The fourth-order valence-corrected chi connectivity index (χ4v) is 2.78. The quantitative estimate of drug-likeness (QED) is 0.709. The van der Waals surface area contributed by atoms with E-state index < -0.39 is 0 Å². The molecule has 4 heteroatoms. The molecule has 2 aliphatic heterocycles. The summed E-state index contributed by atoms with van der Waals surface area (Å²) >= 11 is 0. The summed E-state index contributed by atoms with van der Waals surface area (Å²) in [5, 5.41) is 3.52. The summed E-state index contributed by atoms with van der Waals surface area (Å²) in [5.74, 6) is 0. The van der Waals surface area contributed by atoms with E-state index in [-0.39, 0.29) is 12.4 Å². The van der Waals surface area contributed by atoms with Crippen LogP contribution in [0.2, 0.25) is 0 Å². The molecule has 0 amide bonds. The third-order valence-corrected chi connectivity index (χ3v) is 3.52. The average Bonchev–Trinajstić information content (AvgIpc) is 2.51. The summed E-state index contributed by atoms with van der Waals surface area (Å²) in [6.45, 7) is 6.88. The van der Waals surface area contributed by atoms with Gasteiger partial charge in [-0.15, -0.1) is 12.4 Å². The first kappa shape index (κ1) is 12.2. The van der Waals surface area contributed by atoms with Crippen molar-refractivity contribution >= 4 is 12.4 Å². The van der Waals surface area contributed by atoms with E-state index in [1.165, 1.54) is 45.4 Å². The Hall–Kier alpha value is 0.170. The molecule has 1 spiro atoms. The number of nitrogens with two attached hydrogens (primary N) is 1. The van der Waals surface area contributed by atoms with Crippen LogP contribution in [0, 0.1) is 5.41 Å². The van der Waals surface area contributed by atoms with Crippen molar-refractivity contribution in [1.82, 2.24) is 10.2 Å². The van der Waals surface area contributed by atoms with Gasteiger partial charge in [-0.05, 0) is 37.8 Å². The van der Waals surface area contributed by atoms with Gasteiger partial charge in [0.2, 0.25) is 0 Å². The fourth-order valence-electron chi connectivity index (χ4n) is 2.78. The van der Waals surface area contributed by atoms with E-state index in [1.54, 1.807) is 0 Å². The highest BCUT2D eigenvalue weighted by Crippen LogP contribution is 2.35. The van der Waals surface area contributed by atoms with Gasteiger partial charge in [0.1, 0.15) is 0 Å². The molecule has 0 aromatic carbocycles. The second kappa shape index (κ2) is 5.31. The molecule has 2 heterocycles. The van der Waals surface area contributed by atoms with Gasteiger partial charge >= 0.3 is 0 Å². The van der Waals surface area contributed by atoms with Gasteiger partial charge < -0.3 is 16.0 Å². The minimum absolute atomic E-state index is 0. The number of nitrogens with zero attached hydrogens (tertiary/aromatic N) is 1. The Kier molecular flexibility index (Phi) is 4.64. The Morgan fingerprint density at radius 1 is 1.36 bits per heavy atom. The lowest BCUT2D eigenvalue weighted by Crippen LogP contribution is -2.42. The van der Waals surface area contributed by atoms with Crippen LogP contribution in [0.15, 0.2) is 0 Å². The third kappa shape index (κ3) is 2.60. The molecule has 2 aliphatic rings. The summed E-state index contributed by atoms with van der Waals surface area (Å²) in [4.78, 5) is 2.52. The van der Waals surface area contributed by atoms with Crippen molar-refractivity contribution in [3.63, 3.8) is 0 Å². The third-order valence-electron chi connectivity index (χ3n) is 3.52. The van der Waals surface area contributed by atoms with Gasteiger partial charge in [0, 0.05) is 26.2 Å². The topological polar surface area (TPSA) is 41.3 Å². The number of piperidine rings is 1. The number of hydrogen-bond acceptors (Lipinski definition) is 3. The van der Waals surface area contributed by atoms with Crippen LogP contribution in [0.1, 0.15) is 19.3 Å². The zero-order chi connectivity index (χ0) is 9.15. The molecule has 0 radical (unpaired) electrons. The molecular formula is C10H22ClN3. The van der Waals surface area contributed by atoms with Crippen LogP contribution in [0.5, 0.6) is 0 Å². The SMILES string of the molecule is Cl.NCCN1CCC2(CCCNC2)C1. The molecule has 1 unspecified atom stereocenters. The lowest BCUT2D eigenvalue weighted by atomic mass is 9.80. The van der Waals surface area contributed by atoms with Crippen LogP contribution >= 0.6 is 12.4 Å². The first-order chi connectivity index (χ1) is 6.35. The lowest BCUT2D eigenvalue weighted by Gasteiger charge is -2.33. The van der Waals surface area contributed by atoms with Crippen LogP contribution in [0.4, 0.5) is 0 Å². The summed E-state index contributed by atoms with van der Waals surface area (Å²) in [6.07, 6.45) is 4.15. The number of halogens is 1. The Balaban J connectivity index is 0.000000980. The highest BCUT2D eigenvalue weighted by molar-refractivity contribution is 5.85. The summed E-state index contributed by atoms with van der Waals surface area (Å²) in [7, 11) is 0. The normalized spacial score (nSPS) is 33.2. The van der Waals surface area contributed by atoms with Gasteiger partial charge in [-0.2, -0.15) is 0 Å². The van der Waals surface area contributed by atoms with Crippen LogP contribution < -0.4 is 11.1 Å². The van der Waals surface area contributed by atoms with Crippen LogP contribution in [0.3, 0.4) is 0 Å². The van der Waals surface area contributed by atoms with Gasteiger partial charge in [-0.1, -0.05) is 0 Å². The standard InChI is InChI=1S/C10H21N3.ClH/c11-4-7-13-6-3-10(9-13)2-1-5-12-8-10;/h12H,1-9,11H2;1H. The van der Waals surface area contributed by atoms with Gasteiger partial charge in [-0.3, -0.25) is 0 Å². The summed E-state index contributed by atoms with van der Waals surface area (Å²) in [6, 6.07) is 0. The van der Waals surface area contributed by atoms with E-state index in [2.05, 4.69) is 10.2 Å². The zero-order valence-corrected chi connectivity index (χ0v) is 9.61. The molecule has 84 valence electrons. The molecule has 0 bridgehead atoms. The van der Waals surface area contributed by atoms with Crippen molar-refractivity contribution in [1.29, 1.82) is 0 Å². The maximum absolute atomic E-state index is 5.57. The minimum Gasteiger partial charge on any atom is -0.329 e. The van der Waals surface area contributed by atoms with Crippen LogP contribution in [0.25, 0.3) is 0 Å². The maximum Gasteiger partial charge on any atom is 0.0105 e. The largest absolute Gasteiger partial charge is 0.329 e. The molecule has 0 aromatic heterocycles. The van der Waals surface area contributed by atoms with E-state index >= 15 is 0 Å². The van der Waals surface area contributed by atoms with Crippen molar-refractivity contribution in [2.75, 3.05) is 39.3 Å². The Morgan fingerprint density at radius 3 is 2.86 bits per heavy atom. The van der Waals surface area contributed by atoms with Gasteiger partial charge in [0.05, 0.1) is 0 Å². The molecule has 3 N–H and O–H groups in total. The molecule has 0 aliphatic carbocycles. The number of hydrogen-bond donors (Lipinski definition) is 2. The van der Waals surface area contributed by atoms with E-state index in [1.807, 2.05) is 0 Å². The average molecular weight is 220 g/mol. The molecule has 14 heavy (non-hydrogen) atoms. The molecule has 0 saturated carbocycles. The van der Waals surface area contributed by atoms with Crippen molar-refractivity contribution in [3.05, 3.63) is 0 Å². The first-order valence-electron chi connectivity index (χ1n) is 5.48. The van der Waals surface area contributed by atoms with Crippen LogP contribution in [-0.4, -0.2) is 44.2 Å². The fraction of sp³-hybridized carbons (Fsp3) is 1.00. The molecule has 2 rings (SSSR count). The molecule has 2 saturated heterocycles. The Bertz CT molecular complexity index is 169. The number of likely N-dealkylation sites (tertiary alicyclic amines) is 1. The van der Waals surface area contributed by atoms with Crippen LogP contribution in [-0.2, 0) is 0 Å². The van der Waals surface area contributed by atoms with Crippen molar-refractivity contribution < 1.29 is 0 Å². The smallest absolute Gasteiger partial charge is 0.0105 e. The summed E-state index contributed by atoms with van der Waals surface area (Å²) < 4.78 is 0. The molecule has 3 nitrogen and oxygen atoms in total. The zero-order valence-electron chi connectivity index (χ0n) is 8.80. The monoisotopic (exact) mass is 219 g/mol. The van der Waals surface area contributed by atoms with Crippen molar-refractivity contribution in [2.45, 2.75) is 19.3 Å². The van der Waals surface area contributed by atoms with E-state index in [0.717, 1.165) is 13.1 Å². The predicted molar refractivity (Wildman–Crippen MR) is 61.9 cm³/mol. The van der Waals surface area contributed by atoms with Gasteiger partial charge in [0.15, 0.2) is 0 Å². The van der Waals surface area contributed by atoms with Crippen molar-refractivity contribution in [3.8, 4) is 0 Å². The van der Waals surface area contributed by atoms with E-state index in [4.69, 9.17) is 5.73 Å². The highest BCUT2D eigenvalue weighted by atomic mass is 35.5. The Morgan fingerprint density at radius 2 is 2.21 bits per heavy atom. The van der Waals surface area contributed by atoms with Gasteiger partial charge in [0.25, 0.3) is 0 Å². The van der Waals surface area contributed by atoms with E-state index in [9.17, 15) is 0 Å². The summed E-state index contributed by atoms with van der Waals surface area (Å²) in [5.41, 5.74) is 6.17. The maximum atomic E-state index is 5.57. The molecule has 1 atom stereocenters. The number of rotatable bonds is 2. The van der Waals surface area contributed by atoms with Crippen molar-refractivity contribution in [2.24, 2.45) is 11.1 Å². The second-order valence-corrected chi connectivity index (χ2v) is 4.60. The molecular weight excluding hydrogens is 198 g/mol. The molecule has 2 fully saturated rings. The second-order valence-electron chi connectivity index (χ2n) is 4.60. The van der Waals surface area contributed by atoms with Gasteiger partial charge in [-0.25, -0.2) is 0 Å². The first-order valence-corrected chi connectivity index (χ1v) is 5.48.